The van der Waals surface area contributed by atoms with Crippen LogP contribution in [0.2, 0.25) is 0 Å². The van der Waals surface area contributed by atoms with Crippen molar-refractivity contribution in [2.24, 2.45) is 5.92 Å². The van der Waals surface area contributed by atoms with Crippen molar-refractivity contribution in [1.29, 1.82) is 0 Å². The molecule has 7 heteroatoms. The van der Waals surface area contributed by atoms with Crippen molar-refractivity contribution in [3.05, 3.63) is 89.1 Å². The summed E-state index contributed by atoms with van der Waals surface area (Å²) in [6.07, 6.45) is 2.12. The van der Waals surface area contributed by atoms with Crippen LogP contribution in [0.3, 0.4) is 0 Å². The van der Waals surface area contributed by atoms with Gasteiger partial charge < -0.3 is 4.84 Å². The van der Waals surface area contributed by atoms with E-state index in [0.717, 1.165) is 51.8 Å². The summed E-state index contributed by atoms with van der Waals surface area (Å²) in [6.45, 7) is 0.887. The Morgan fingerprint density at radius 1 is 0.943 bits per heavy atom. The van der Waals surface area contributed by atoms with E-state index in [-0.39, 0.29) is 19.0 Å². The Bertz CT molecular complexity index is 1260. The highest BCUT2D eigenvalue weighted by Gasteiger charge is 2.34. The highest BCUT2D eigenvalue weighted by atomic mass is 19.4. The number of benzene rings is 2. The predicted octanol–water partition coefficient (Wildman–Crippen LogP) is 6.88. The van der Waals surface area contributed by atoms with E-state index >= 15 is 0 Å². The van der Waals surface area contributed by atoms with Gasteiger partial charge in [-0.15, -0.1) is 5.06 Å². The third-order valence-electron chi connectivity index (χ3n) is 6.71. The number of aryl methyl sites for hydroxylation is 2. The number of alkyl halides is 4. The molecule has 1 aromatic heterocycles. The SMILES string of the molecule is FCC1CN(Oc2ccc(CCc3c(C4=CC=C(C(F)(F)F)CC4)cnc4ccccc34)cc2)C1. The molecular weight excluding hydrogens is 456 g/mol. The van der Waals surface area contributed by atoms with Gasteiger partial charge in [-0.1, -0.05) is 42.5 Å². The normalized spacial score (nSPS) is 17.1. The predicted molar refractivity (Wildman–Crippen MR) is 129 cm³/mol. The maximum absolute atomic E-state index is 13.1. The van der Waals surface area contributed by atoms with Crippen molar-refractivity contribution in [2.45, 2.75) is 31.9 Å². The fraction of sp³-hybridized carbons (Fsp3) is 0.321. The molecule has 0 N–H and O–H groups in total. The third-order valence-corrected chi connectivity index (χ3v) is 6.71. The molecule has 0 saturated carbocycles. The van der Waals surface area contributed by atoms with Gasteiger partial charge in [-0.3, -0.25) is 9.37 Å². The number of nitrogens with zero attached hydrogens (tertiary/aromatic N) is 2. The van der Waals surface area contributed by atoms with Crippen molar-refractivity contribution in [2.75, 3.05) is 19.8 Å². The summed E-state index contributed by atoms with van der Waals surface area (Å²) in [4.78, 5) is 10.3. The fourth-order valence-corrected chi connectivity index (χ4v) is 4.67. The van der Waals surface area contributed by atoms with Crippen LogP contribution in [0, 0.1) is 5.92 Å². The lowest BCUT2D eigenvalue weighted by molar-refractivity contribution is -0.143. The Balaban J connectivity index is 1.35. The molecule has 2 aliphatic rings. The molecule has 3 nitrogen and oxygen atoms in total. The standard InChI is InChI=1S/C28H26F4N2O/c29-15-20-17-34(18-20)35-23-12-5-19(6-13-23)7-14-24-25-3-1-2-4-27(25)33-16-26(24)21-8-10-22(11-9-21)28(30,31)32/h1-6,8,10,12-13,16,20H,7,9,11,14-15,17-18H2. The summed E-state index contributed by atoms with van der Waals surface area (Å²) in [7, 11) is 0. The molecule has 2 heterocycles. The zero-order valence-electron chi connectivity index (χ0n) is 19.2. The summed E-state index contributed by atoms with van der Waals surface area (Å²) in [6, 6.07) is 15.7. The number of pyridine rings is 1. The van der Waals surface area contributed by atoms with E-state index in [9.17, 15) is 17.6 Å². The van der Waals surface area contributed by atoms with E-state index in [1.165, 1.54) is 6.08 Å². The van der Waals surface area contributed by atoms with Crippen molar-refractivity contribution in [3.8, 4) is 5.75 Å². The first-order chi connectivity index (χ1) is 16.9. The number of rotatable bonds is 7. The van der Waals surface area contributed by atoms with Crippen LogP contribution in [0.5, 0.6) is 5.75 Å². The summed E-state index contributed by atoms with van der Waals surface area (Å²) in [5.41, 5.74) is 4.42. The quantitative estimate of drug-likeness (QED) is 0.343. The van der Waals surface area contributed by atoms with Crippen LogP contribution in [0.4, 0.5) is 17.6 Å². The Hall–Kier alpha value is -3.19. The highest BCUT2D eigenvalue weighted by Crippen LogP contribution is 2.37. The van der Waals surface area contributed by atoms with Gasteiger partial charge in [0.25, 0.3) is 0 Å². The molecule has 0 bridgehead atoms. The van der Waals surface area contributed by atoms with Gasteiger partial charge in [-0.2, -0.15) is 13.2 Å². The smallest absolute Gasteiger partial charge is 0.406 e. The lowest BCUT2D eigenvalue weighted by Crippen LogP contribution is -2.49. The summed E-state index contributed by atoms with van der Waals surface area (Å²) in [5.74, 6) is 0.786. The third kappa shape index (κ3) is 5.25. The molecule has 0 radical (unpaired) electrons. The van der Waals surface area contributed by atoms with Crippen LogP contribution < -0.4 is 4.84 Å². The van der Waals surface area contributed by atoms with E-state index in [1.807, 2.05) is 48.5 Å². The Morgan fingerprint density at radius 2 is 1.71 bits per heavy atom. The second-order valence-electron chi connectivity index (χ2n) is 9.15. The lowest BCUT2D eigenvalue weighted by Gasteiger charge is -2.36. The first-order valence-corrected chi connectivity index (χ1v) is 11.8. The van der Waals surface area contributed by atoms with Crippen molar-refractivity contribution in [3.63, 3.8) is 0 Å². The Morgan fingerprint density at radius 3 is 2.40 bits per heavy atom. The number of hydrogen-bond donors (Lipinski definition) is 0. The molecule has 1 aliphatic carbocycles. The molecule has 0 amide bonds. The number of halogens is 4. The Kier molecular flexibility index (Phi) is 6.60. The van der Waals surface area contributed by atoms with Gasteiger partial charge >= 0.3 is 6.18 Å². The summed E-state index contributed by atoms with van der Waals surface area (Å²) < 4.78 is 51.9. The number of hydrogen-bond acceptors (Lipinski definition) is 3. The van der Waals surface area contributed by atoms with Gasteiger partial charge in [-0.05, 0) is 66.1 Å². The molecule has 5 rings (SSSR count). The molecule has 2 aromatic carbocycles. The van der Waals surface area contributed by atoms with E-state index in [0.29, 0.717) is 19.5 Å². The molecular formula is C28H26F4N2O. The maximum Gasteiger partial charge on any atom is 0.412 e. The minimum Gasteiger partial charge on any atom is -0.406 e. The number of aromatic nitrogens is 1. The van der Waals surface area contributed by atoms with E-state index < -0.39 is 11.7 Å². The van der Waals surface area contributed by atoms with E-state index in [2.05, 4.69) is 4.98 Å². The average molecular weight is 483 g/mol. The Labute approximate surface area is 201 Å². The number of fused-ring (bicyclic) bond motifs is 1. The van der Waals surface area contributed by atoms with Gasteiger partial charge in [0.2, 0.25) is 0 Å². The highest BCUT2D eigenvalue weighted by molar-refractivity contribution is 5.87. The zero-order valence-corrected chi connectivity index (χ0v) is 19.2. The minimum absolute atomic E-state index is 0.0217. The van der Waals surface area contributed by atoms with Gasteiger partial charge in [0, 0.05) is 36.2 Å². The van der Waals surface area contributed by atoms with Crippen LogP contribution in [0.25, 0.3) is 16.5 Å². The first kappa shape index (κ1) is 23.5. The molecule has 1 fully saturated rings. The van der Waals surface area contributed by atoms with Gasteiger partial charge in [0.15, 0.2) is 0 Å². The fourth-order valence-electron chi connectivity index (χ4n) is 4.67. The van der Waals surface area contributed by atoms with Crippen molar-refractivity contribution < 1.29 is 22.4 Å². The monoisotopic (exact) mass is 482 g/mol. The average Bonchev–Trinajstić information content (AvgIpc) is 2.84. The molecule has 1 aliphatic heterocycles. The van der Waals surface area contributed by atoms with Crippen molar-refractivity contribution >= 4 is 16.5 Å². The molecule has 1 saturated heterocycles. The lowest BCUT2D eigenvalue weighted by atomic mass is 9.88. The molecule has 0 spiro atoms. The number of hydroxylamine groups is 2. The van der Waals surface area contributed by atoms with Crippen LogP contribution >= 0.6 is 0 Å². The van der Waals surface area contributed by atoms with Gasteiger partial charge in [0.05, 0.1) is 12.2 Å². The maximum atomic E-state index is 13.1. The van der Waals surface area contributed by atoms with Crippen LogP contribution in [-0.4, -0.2) is 36.0 Å². The van der Waals surface area contributed by atoms with E-state index in [1.54, 1.807) is 17.3 Å². The molecule has 35 heavy (non-hydrogen) atoms. The first-order valence-electron chi connectivity index (χ1n) is 11.8. The molecule has 0 unspecified atom stereocenters. The number of para-hydroxylation sites is 1. The van der Waals surface area contributed by atoms with Crippen molar-refractivity contribution in [1.82, 2.24) is 10.0 Å². The van der Waals surface area contributed by atoms with E-state index in [4.69, 9.17) is 4.84 Å². The molecule has 3 aromatic rings. The van der Waals surface area contributed by atoms with Crippen LogP contribution in [-0.2, 0) is 12.8 Å². The zero-order chi connectivity index (χ0) is 24.4. The second-order valence-corrected chi connectivity index (χ2v) is 9.15. The van der Waals surface area contributed by atoms with Crippen LogP contribution in [0.1, 0.15) is 29.5 Å². The van der Waals surface area contributed by atoms with Gasteiger partial charge in [0.1, 0.15) is 5.75 Å². The largest absolute Gasteiger partial charge is 0.412 e. The van der Waals surface area contributed by atoms with Crippen LogP contribution in [0.15, 0.2) is 72.5 Å². The topological polar surface area (TPSA) is 25.4 Å². The summed E-state index contributed by atoms with van der Waals surface area (Å²) >= 11 is 0. The molecule has 182 valence electrons. The minimum atomic E-state index is -4.28. The molecule has 0 atom stereocenters. The second kappa shape index (κ2) is 9.82. The van der Waals surface area contributed by atoms with Gasteiger partial charge in [-0.25, -0.2) is 0 Å². The summed E-state index contributed by atoms with van der Waals surface area (Å²) in [5, 5.41) is 2.78. The number of allylic oxidation sites excluding steroid dienone is 4.